The lowest BCUT2D eigenvalue weighted by Crippen LogP contribution is -2.35. The van der Waals surface area contributed by atoms with Gasteiger partial charge in [0.05, 0.1) is 13.2 Å². The molecule has 2 heterocycles. The molecule has 4 aromatic rings. The number of aromatic amines is 1. The number of nitrogens with zero attached hydrogens (tertiary/aromatic N) is 5. The molecule has 182 valence electrons. The average Bonchev–Trinajstić information content (AvgIpc) is 3.39. The van der Waals surface area contributed by atoms with E-state index in [-0.39, 0.29) is 11.6 Å². The van der Waals surface area contributed by atoms with E-state index in [1.54, 1.807) is 7.11 Å². The molecule has 1 atom stereocenters. The Labute approximate surface area is 204 Å². The zero-order valence-corrected chi connectivity index (χ0v) is 20.4. The molecule has 1 N–H and O–H groups in total. The van der Waals surface area contributed by atoms with Crippen molar-refractivity contribution >= 4 is 10.9 Å². The third-order valence-electron chi connectivity index (χ3n) is 7.06. The number of nitrogens with one attached hydrogen (secondary N) is 1. The van der Waals surface area contributed by atoms with Crippen molar-refractivity contribution in [2.24, 2.45) is 0 Å². The van der Waals surface area contributed by atoms with E-state index in [4.69, 9.17) is 4.74 Å². The zero-order chi connectivity index (χ0) is 24.2. The Bertz CT molecular complexity index is 1330. The van der Waals surface area contributed by atoms with Crippen LogP contribution in [0.2, 0.25) is 0 Å². The quantitative estimate of drug-likeness (QED) is 0.402. The largest absolute Gasteiger partial charge is 0.497 e. The number of hydrogen-bond acceptors (Lipinski definition) is 6. The first kappa shape index (κ1) is 23.2. The lowest BCUT2D eigenvalue weighted by atomic mass is 9.95. The Hall–Kier alpha value is -3.52. The SMILES string of the molecule is CCN(Cc1ccccc1)[C@H](c1cc2cc(OC)ccc2[nH]c1=O)c1nnnn1C1CCCCC1. The van der Waals surface area contributed by atoms with Gasteiger partial charge in [-0.2, -0.15) is 0 Å². The van der Waals surface area contributed by atoms with Crippen LogP contribution in [0.5, 0.6) is 5.75 Å². The van der Waals surface area contributed by atoms with Crippen molar-refractivity contribution in [2.75, 3.05) is 13.7 Å². The molecule has 2 aromatic heterocycles. The standard InChI is InChI=1S/C27H32N6O2/c1-3-32(18-19-10-6-4-7-11-19)25(26-29-30-31-33(26)21-12-8-5-9-13-21)23-17-20-16-22(35-2)14-15-24(20)28-27(23)34/h4,6-7,10-11,14-17,21,25H,3,5,8-9,12-13,18H2,1-2H3,(H,28,34)/t25-/m1/s1. The number of aromatic nitrogens is 5. The second-order valence-electron chi connectivity index (χ2n) is 9.23. The van der Waals surface area contributed by atoms with E-state index in [0.29, 0.717) is 12.1 Å². The topological polar surface area (TPSA) is 88.9 Å². The van der Waals surface area contributed by atoms with Gasteiger partial charge in [0.2, 0.25) is 0 Å². The molecule has 35 heavy (non-hydrogen) atoms. The summed E-state index contributed by atoms with van der Waals surface area (Å²) in [6, 6.07) is 17.8. The van der Waals surface area contributed by atoms with Crippen LogP contribution in [0.15, 0.2) is 59.4 Å². The lowest BCUT2D eigenvalue weighted by molar-refractivity contribution is 0.204. The Kier molecular flexibility index (Phi) is 6.90. The number of benzene rings is 2. The highest BCUT2D eigenvalue weighted by atomic mass is 16.5. The van der Waals surface area contributed by atoms with E-state index >= 15 is 0 Å². The van der Waals surface area contributed by atoms with Gasteiger partial charge in [0.25, 0.3) is 5.56 Å². The molecule has 8 heteroatoms. The fourth-order valence-electron chi connectivity index (χ4n) is 5.20. The third kappa shape index (κ3) is 4.84. The summed E-state index contributed by atoms with van der Waals surface area (Å²) < 4.78 is 7.41. The number of tetrazole rings is 1. The number of H-pyrrole nitrogens is 1. The number of ether oxygens (including phenoxy) is 1. The van der Waals surface area contributed by atoms with Crippen molar-refractivity contribution in [3.8, 4) is 5.75 Å². The van der Waals surface area contributed by atoms with Crippen LogP contribution in [0.4, 0.5) is 0 Å². The molecule has 1 fully saturated rings. The van der Waals surface area contributed by atoms with Gasteiger partial charge in [0.1, 0.15) is 11.8 Å². The summed E-state index contributed by atoms with van der Waals surface area (Å²) >= 11 is 0. The first-order valence-corrected chi connectivity index (χ1v) is 12.4. The van der Waals surface area contributed by atoms with Crippen LogP contribution >= 0.6 is 0 Å². The maximum absolute atomic E-state index is 13.5. The van der Waals surface area contributed by atoms with Crippen LogP contribution in [0, 0.1) is 0 Å². The fraction of sp³-hybridized carbons (Fsp3) is 0.407. The molecule has 0 aliphatic heterocycles. The lowest BCUT2D eigenvalue weighted by Gasteiger charge is -2.32. The predicted molar refractivity (Wildman–Crippen MR) is 135 cm³/mol. The number of rotatable bonds is 8. The summed E-state index contributed by atoms with van der Waals surface area (Å²) in [5.41, 5.74) is 2.46. The first-order valence-electron chi connectivity index (χ1n) is 12.4. The number of pyridine rings is 1. The van der Waals surface area contributed by atoms with Gasteiger partial charge in [0, 0.05) is 23.0 Å². The van der Waals surface area contributed by atoms with E-state index in [0.717, 1.165) is 41.9 Å². The fourth-order valence-corrected chi connectivity index (χ4v) is 5.20. The van der Waals surface area contributed by atoms with Gasteiger partial charge in [-0.25, -0.2) is 4.68 Å². The van der Waals surface area contributed by atoms with Gasteiger partial charge in [-0.1, -0.05) is 56.5 Å². The Morgan fingerprint density at radius 3 is 2.66 bits per heavy atom. The maximum atomic E-state index is 13.5. The molecular formula is C27H32N6O2. The summed E-state index contributed by atoms with van der Waals surface area (Å²) in [6.07, 6.45) is 5.71. The molecule has 0 amide bonds. The Morgan fingerprint density at radius 2 is 1.91 bits per heavy atom. The Balaban J connectivity index is 1.65. The highest BCUT2D eigenvalue weighted by molar-refractivity contribution is 5.80. The van der Waals surface area contributed by atoms with E-state index in [2.05, 4.69) is 44.5 Å². The van der Waals surface area contributed by atoms with Gasteiger partial charge >= 0.3 is 0 Å². The molecule has 8 nitrogen and oxygen atoms in total. The monoisotopic (exact) mass is 472 g/mol. The van der Waals surface area contributed by atoms with Crippen LogP contribution in [0.25, 0.3) is 10.9 Å². The van der Waals surface area contributed by atoms with Crippen molar-refractivity contribution in [1.82, 2.24) is 30.1 Å². The van der Waals surface area contributed by atoms with Gasteiger partial charge in [0.15, 0.2) is 5.82 Å². The molecule has 0 saturated heterocycles. The van der Waals surface area contributed by atoms with Crippen LogP contribution < -0.4 is 10.3 Å². The van der Waals surface area contributed by atoms with Gasteiger partial charge in [-0.3, -0.25) is 9.69 Å². The van der Waals surface area contributed by atoms with Crippen LogP contribution in [-0.2, 0) is 6.54 Å². The average molecular weight is 473 g/mol. The minimum Gasteiger partial charge on any atom is -0.497 e. The molecule has 0 bridgehead atoms. The maximum Gasteiger partial charge on any atom is 0.253 e. The molecule has 2 aromatic carbocycles. The number of hydrogen-bond donors (Lipinski definition) is 1. The van der Waals surface area contributed by atoms with E-state index in [1.807, 2.05) is 47.1 Å². The van der Waals surface area contributed by atoms with Gasteiger partial charge < -0.3 is 9.72 Å². The minimum absolute atomic E-state index is 0.127. The first-order chi connectivity index (χ1) is 17.2. The molecule has 0 radical (unpaired) electrons. The normalized spacial score (nSPS) is 15.5. The molecule has 1 aliphatic carbocycles. The molecule has 0 spiro atoms. The number of methoxy groups -OCH3 is 1. The van der Waals surface area contributed by atoms with Crippen LogP contribution in [0.1, 0.15) is 68.1 Å². The summed E-state index contributed by atoms with van der Waals surface area (Å²) in [5, 5.41) is 13.9. The summed E-state index contributed by atoms with van der Waals surface area (Å²) in [6.45, 7) is 3.52. The van der Waals surface area contributed by atoms with Gasteiger partial charge in [-0.05, 0) is 59.6 Å². The Morgan fingerprint density at radius 1 is 1.11 bits per heavy atom. The highest BCUT2D eigenvalue weighted by Crippen LogP contribution is 2.34. The summed E-state index contributed by atoms with van der Waals surface area (Å²) in [5.74, 6) is 1.47. The molecule has 1 saturated carbocycles. The predicted octanol–water partition coefficient (Wildman–Crippen LogP) is 4.64. The van der Waals surface area contributed by atoms with E-state index < -0.39 is 6.04 Å². The second-order valence-corrected chi connectivity index (χ2v) is 9.23. The molecule has 0 unspecified atom stereocenters. The second kappa shape index (κ2) is 10.4. The van der Waals surface area contributed by atoms with Crippen molar-refractivity contribution in [2.45, 2.75) is 57.7 Å². The number of fused-ring (bicyclic) bond motifs is 1. The van der Waals surface area contributed by atoms with Crippen molar-refractivity contribution in [3.05, 3.63) is 81.9 Å². The van der Waals surface area contributed by atoms with Gasteiger partial charge in [-0.15, -0.1) is 5.10 Å². The highest BCUT2D eigenvalue weighted by Gasteiger charge is 2.32. The van der Waals surface area contributed by atoms with Crippen molar-refractivity contribution in [3.63, 3.8) is 0 Å². The summed E-state index contributed by atoms with van der Waals surface area (Å²) in [7, 11) is 1.65. The summed E-state index contributed by atoms with van der Waals surface area (Å²) in [4.78, 5) is 18.8. The minimum atomic E-state index is -0.392. The third-order valence-corrected chi connectivity index (χ3v) is 7.06. The zero-order valence-electron chi connectivity index (χ0n) is 20.4. The van der Waals surface area contributed by atoms with Crippen LogP contribution in [0.3, 0.4) is 0 Å². The molecular weight excluding hydrogens is 440 g/mol. The van der Waals surface area contributed by atoms with Crippen molar-refractivity contribution < 1.29 is 4.74 Å². The van der Waals surface area contributed by atoms with E-state index in [9.17, 15) is 4.79 Å². The van der Waals surface area contributed by atoms with Crippen molar-refractivity contribution in [1.29, 1.82) is 0 Å². The molecule has 1 aliphatic rings. The van der Waals surface area contributed by atoms with Crippen LogP contribution in [-0.4, -0.2) is 43.7 Å². The smallest absolute Gasteiger partial charge is 0.253 e. The molecule has 5 rings (SSSR count). The van der Waals surface area contributed by atoms with E-state index in [1.165, 1.54) is 24.8 Å².